The summed E-state index contributed by atoms with van der Waals surface area (Å²) >= 11 is 5.18. The molecule has 0 fully saturated rings. The molecular weight excluding hydrogens is 152 g/mol. The van der Waals surface area contributed by atoms with E-state index in [1.165, 1.54) is 6.92 Å². The lowest BCUT2D eigenvalue weighted by Gasteiger charge is -1.93. The number of rotatable bonds is 2. The predicted octanol–water partition coefficient (Wildman–Crippen LogP) is 0.374. The summed E-state index contributed by atoms with van der Waals surface area (Å²) in [6, 6.07) is 0. The fourth-order valence-corrected chi connectivity index (χ4v) is 1.31. The summed E-state index contributed by atoms with van der Waals surface area (Å²) in [5.74, 6) is -0.492. The molecule has 0 rings (SSSR count). The van der Waals surface area contributed by atoms with Crippen molar-refractivity contribution in [3.8, 4) is 0 Å². The van der Waals surface area contributed by atoms with E-state index in [9.17, 15) is 13.0 Å². The number of alkyl halides is 1. The zero-order chi connectivity index (χ0) is 6.78. The van der Waals surface area contributed by atoms with Gasteiger partial charge in [-0.25, -0.2) is 0 Å². The Morgan fingerprint density at radius 1 is 1.62 bits per heavy atom. The van der Waals surface area contributed by atoms with Crippen LogP contribution in [0.3, 0.4) is 0 Å². The second-order valence-electron chi connectivity index (χ2n) is 1.51. The van der Waals surface area contributed by atoms with E-state index < -0.39 is 21.2 Å². The Hall–Kier alpha value is 0.200. The average molecular weight is 158 g/mol. The Kier molecular flexibility index (Phi) is 2.73. The van der Waals surface area contributed by atoms with Crippen LogP contribution in [0.2, 0.25) is 0 Å². The monoisotopic (exact) mass is 157 g/mol. The molecule has 0 bridgehead atoms. The van der Waals surface area contributed by atoms with Gasteiger partial charge in [0.05, 0.1) is 5.75 Å². The zero-order valence-corrected chi connectivity index (χ0v) is 5.87. The molecule has 0 heterocycles. The maximum absolute atomic E-state index is 9.80. The van der Waals surface area contributed by atoms with Crippen LogP contribution in [0.15, 0.2) is 0 Å². The average Bonchev–Trinajstić information content (AvgIpc) is 1.21. The van der Waals surface area contributed by atoms with Crippen molar-refractivity contribution >= 4 is 21.7 Å². The highest BCUT2D eigenvalue weighted by molar-refractivity contribution is 7.85. The molecule has 1 unspecified atom stereocenters. The molecule has 49 valence electrons. The largest absolute Gasteiger partial charge is 0.296 e. The summed E-state index contributed by atoms with van der Waals surface area (Å²) in [6.45, 7) is 1.46. The number of halogens is 1. The van der Waals surface area contributed by atoms with Crippen LogP contribution < -0.4 is 0 Å². The van der Waals surface area contributed by atoms with Gasteiger partial charge >= 0.3 is 0 Å². The molecule has 0 N–H and O–H groups in total. The van der Waals surface area contributed by atoms with Crippen molar-refractivity contribution in [1.82, 2.24) is 0 Å². The second-order valence-corrected chi connectivity index (χ2v) is 3.70. The lowest BCUT2D eigenvalue weighted by atomic mass is 10.6. The summed E-state index contributed by atoms with van der Waals surface area (Å²) in [5, 5.41) is -0.586. The lowest BCUT2D eigenvalue weighted by Crippen LogP contribution is -2.10. The Morgan fingerprint density at radius 2 is 2.00 bits per heavy atom. The third-order valence-electron chi connectivity index (χ3n) is 0.434. The topological polar surface area (TPSA) is 54.0 Å². The van der Waals surface area contributed by atoms with Crippen molar-refractivity contribution in [2.75, 3.05) is 5.75 Å². The van der Waals surface area contributed by atoms with Gasteiger partial charge in [0.15, 0.2) is 0 Å². The van der Waals surface area contributed by atoms with Gasteiger partial charge in [0.2, 0.25) is 0 Å². The van der Waals surface area contributed by atoms with Gasteiger partial charge in [0, 0.05) is 5.38 Å². The molecule has 0 aliphatic rings. The molecule has 0 aromatic carbocycles. The molecule has 0 amide bonds. The van der Waals surface area contributed by atoms with Crippen molar-refractivity contribution in [2.45, 2.75) is 12.3 Å². The van der Waals surface area contributed by atoms with Gasteiger partial charge in [-0.1, -0.05) is 4.55 Å². The standard InChI is InChI=1S/C3H6ClO3S/c1-3(4)2-8(5,6)7/h3H,2H2,1H3. The first-order valence-electron chi connectivity index (χ1n) is 1.99. The van der Waals surface area contributed by atoms with Gasteiger partial charge in [0.1, 0.15) is 0 Å². The van der Waals surface area contributed by atoms with Crippen LogP contribution in [0.4, 0.5) is 0 Å². The molecule has 0 spiro atoms. The van der Waals surface area contributed by atoms with Gasteiger partial charge in [-0.3, -0.25) is 0 Å². The smallest absolute Gasteiger partial charge is 0.197 e. The van der Waals surface area contributed by atoms with Crippen LogP contribution in [0, 0.1) is 0 Å². The van der Waals surface area contributed by atoms with E-state index in [1.54, 1.807) is 0 Å². The zero-order valence-electron chi connectivity index (χ0n) is 4.30. The van der Waals surface area contributed by atoms with Crippen LogP contribution in [-0.2, 0) is 14.7 Å². The van der Waals surface area contributed by atoms with Crippen molar-refractivity contribution in [1.29, 1.82) is 0 Å². The minimum Gasteiger partial charge on any atom is -0.197 e. The summed E-state index contributed by atoms with van der Waals surface area (Å²) < 4.78 is 29.4. The SMILES string of the molecule is CC(Cl)CS([O])(=O)=O. The molecule has 0 aromatic rings. The van der Waals surface area contributed by atoms with E-state index in [2.05, 4.69) is 0 Å². The lowest BCUT2D eigenvalue weighted by molar-refractivity contribution is 0.414. The number of hydrogen-bond donors (Lipinski definition) is 0. The third-order valence-corrected chi connectivity index (χ3v) is 1.68. The molecule has 1 radical (unpaired) electrons. The van der Waals surface area contributed by atoms with Crippen LogP contribution in [0.25, 0.3) is 0 Å². The van der Waals surface area contributed by atoms with Crippen LogP contribution in [0.5, 0.6) is 0 Å². The fraction of sp³-hybridized carbons (Fsp3) is 1.00. The number of hydrogen-bond acceptors (Lipinski definition) is 2. The fourth-order valence-electron chi connectivity index (χ4n) is 0.281. The van der Waals surface area contributed by atoms with E-state index in [0.717, 1.165) is 0 Å². The Balaban J connectivity index is 3.75. The van der Waals surface area contributed by atoms with Crippen molar-refractivity contribution in [2.24, 2.45) is 0 Å². The van der Waals surface area contributed by atoms with E-state index >= 15 is 0 Å². The van der Waals surface area contributed by atoms with Gasteiger partial charge < -0.3 is 0 Å². The first-order valence-corrected chi connectivity index (χ1v) is 4.01. The normalized spacial score (nSPS) is 15.9. The predicted molar refractivity (Wildman–Crippen MR) is 29.8 cm³/mol. The summed E-state index contributed by atoms with van der Waals surface area (Å²) in [7, 11) is -4.11. The van der Waals surface area contributed by atoms with Crippen LogP contribution in [-0.4, -0.2) is 19.5 Å². The minimum atomic E-state index is -4.11. The van der Waals surface area contributed by atoms with Gasteiger partial charge in [-0.2, -0.15) is 8.42 Å². The molecule has 0 saturated carbocycles. The molecule has 0 aliphatic carbocycles. The van der Waals surface area contributed by atoms with Crippen molar-refractivity contribution in [3.63, 3.8) is 0 Å². The summed E-state index contributed by atoms with van der Waals surface area (Å²) in [5.41, 5.74) is 0. The first kappa shape index (κ1) is 8.20. The molecule has 1 atom stereocenters. The third kappa shape index (κ3) is 6.20. The Bertz CT molecular complexity index is 148. The summed E-state index contributed by atoms with van der Waals surface area (Å²) in [6.07, 6.45) is 0. The van der Waals surface area contributed by atoms with Crippen molar-refractivity contribution < 1.29 is 13.0 Å². The van der Waals surface area contributed by atoms with E-state index in [-0.39, 0.29) is 0 Å². The van der Waals surface area contributed by atoms with Crippen LogP contribution >= 0.6 is 11.6 Å². The van der Waals surface area contributed by atoms with Crippen molar-refractivity contribution in [3.05, 3.63) is 0 Å². The van der Waals surface area contributed by atoms with E-state index in [1.807, 2.05) is 0 Å². The van der Waals surface area contributed by atoms with E-state index in [4.69, 9.17) is 11.6 Å². The Labute approximate surface area is 53.4 Å². The van der Waals surface area contributed by atoms with Gasteiger partial charge in [-0.15, -0.1) is 11.6 Å². The first-order chi connectivity index (χ1) is 3.42. The molecule has 3 nitrogen and oxygen atoms in total. The highest BCUT2D eigenvalue weighted by atomic mass is 35.5. The quantitative estimate of drug-likeness (QED) is 0.544. The van der Waals surface area contributed by atoms with Crippen LogP contribution in [0.1, 0.15) is 6.92 Å². The molecule has 5 heteroatoms. The molecular formula is C3H6ClO3S. The molecule has 0 aliphatic heterocycles. The second kappa shape index (κ2) is 2.66. The maximum atomic E-state index is 9.80. The van der Waals surface area contributed by atoms with Gasteiger partial charge in [0.25, 0.3) is 10.1 Å². The van der Waals surface area contributed by atoms with Gasteiger partial charge in [-0.05, 0) is 6.92 Å². The minimum absolute atomic E-state index is 0.492. The maximum Gasteiger partial charge on any atom is 0.296 e. The molecule has 0 saturated heterocycles. The Morgan fingerprint density at radius 3 is 2.00 bits per heavy atom. The highest BCUT2D eigenvalue weighted by Gasteiger charge is 2.10. The molecule has 8 heavy (non-hydrogen) atoms. The highest BCUT2D eigenvalue weighted by Crippen LogP contribution is 1.96. The van der Waals surface area contributed by atoms with E-state index in [0.29, 0.717) is 0 Å². The molecule has 0 aromatic heterocycles. The summed E-state index contributed by atoms with van der Waals surface area (Å²) in [4.78, 5) is 0.